The smallest absolute Gasteiger partial charge is 0.312 e. The van der Waals surface area contributed by atoms with Gasteiger partial charge in [0.1, 0.15) is 5.00 Å². The van der Waals surface area contributed by atoms with Crippen LogP contribution in [-0.4, -0.2) is 15.5 Å². The molecule has 1 atom stereocenters. The van der Waals surface area contributed by atoms with Gasteiger partial charge in [-0.2, -0.15) is 0 Å². The van der Waals surface area contributed by atoms with Crippen molar-refractivity contribution >= 4 is 23.1 Å². The molecule has 0 saturated carbocycles. The number of hydrogen-bond donors (Lipinski definition) is 1. The SMILES string of the molecule is CC[C@H]1c2cccn2-c2sc3c(c2CN1C(=O)Nc1cccc(C)c1C)CCCC3. The highest BCUT2D eigenvalue weighted by Gasteiger charge is 2.34. The Morgan fingerprint density at radius 3 is 2.80 bits per heavy atom. The Bertz CT molecular complexity index is 1110. The molecule has 3 aromatic rings. The number of rotatable bonds is 2. The Morgan fingerprint density at radius 2 is 1.97 bits per heavy atom. The molecule has 1 aliphatic heterocycles. The molecular formula is C25H29N3OS. The van der Waals surface area contributed by atoms with Crippen molar-refractivity contribution in [3.63, 3.8) is 0 Å². The summed E-state index contributed by atoms with van der Waals surface area (Å²) in [5.74, 6) is 0. The van der Waals surface area contributed by atoms with Crippen LogP contribution in [0.1, 0.15) is 65.1 Å². The summed E-state index contributed by atoms with van der Waals surface area (Å²) in [7, 11) is 0. The van der Waals surface area contributed by atoms with E-state index in [1.807, 2.05) is 23.5 Å². The van der Waals surface area contributed by atoms with E-state index >= 15 is 0 Å². The van der Waals surface area contributed by atoms with E-state index < -0.39 is 0 Å². The van der Waals surface area contributed by atoms with Crippen LogP contribution >= 0.6 is 11.3 Å². The highest BCUT2D eigenvalue weighted by Crippen LogP contribution is 2.43. The molecule has 156 valence electrons. The second kappa shape index (κ2) is 7.62. The van der Waals surface area contributed by atoms with Gasteiger partial charge in [-0.3, -0.25) is 0 Å². The predicted molar refractivity (Wildman–Crippen MR) is 124 cm³/mol. The van der Waals surface area contributed by atoms with Gasteiger partial charge >= 0.3 is 6.03 Å². The average Bonchev–Trinajstić information content (AvgIpc) is 3.33. The van der Waals surface area contributed by atoms with Crippen LogP contribution in [0.5, 0.6) is 0 Å². The lowest BCUT2D eigenvalue weighted by atomic mass is 9.95. The lowest BCUT2D eigenvalue weighted by Crippen LogP contribution is -2.37. The van der Waals surface area contributed by atoms with E-state index in [0.29, 0.717) is 6.54 Å². The Hall–Kier alpha value is -2.53. The van der Waals surface area contributed by atoms with E-state index in [-0.39, 0.29) is 12.1 Å². The fourth-order valence-corrected chi connectivity index (χ4v) is 6.39. The van der Waals surface area contributed by atoms with Gasteiger partial charge in [-0.1, -0.05) is 19.1 Å². The van der Waals surface area contributed by atoms with Gasteiger partial charge in [-0.25, -0.2) is 4.79 Å². The number of amides is 2. The van der Waals surface area contributed by atoms with E-state index in [1.54, 1.807) is 0 Å². The molecule has 4 nitrogen and oxygen atoms in total. The van der Waals surface area contributed by atoms with Crippen LogP contribution in [0.4, 0.5) is 10.5 Å². The van der Waals surface area contributed by atoms with Gasteiger partial charge < -0.3 is 14.8 Å². The van der Waals surface area contributed by atoms with Crippen molar-refractivity contribution in [1.29, 1.82) is 0 Å². The number of carbonyl (C=O) groups excluding carboxylic acids is 1. The van der Waals surface area contributed by atoms with Gasteiger partial charge in [-0.15, -0.1) is 11.3 Å². The third-order valence-electron chi connectivity index (χ3n) is 6.80. The molecule has 0 radical (unpaired) electrons. The summed E-state index contributed by atoms with van der Waals surface area (Å²) in [6, 6.07) is 10.4. The Kier molecular flexibility index (Phi) is 4.94. The summed E-state index contributed by atoms with van der Waals surface area (Å²) in [5, 5.41) is 4.54. The molecule has 0 saturated heterocycles. The van der Waals surface area contributed by atoms with Crippen LogP contribution in [0.15, 0.2) is 36.5 Å². The topological polar surface area (TPSA) is 37.3 Å². The largest absolute Gasteiger partial charge is 0.322 e. The van der Waals surface area contributed by atoms with Crippen molar-refractivity contribution in [3.8, 4) is 5.00 Å². The van der Waals surface area contributed by atoms with Crippen molar-refractivity contribution in [1.82, 2.24) is 9.47 Å². The minimum Gasteiger partial charge on any atom is -0.312 e. The highest BCUT2D eigenvalue weighted by atomic mass is 32.1. The molecule has 3 heterocycles. The molecule has 0 spiro atoms. The second-order valence-corrected chi connectivity index (χ2v) is 9.61. The molecule has 5 heteroatoms. The van der Waals surface area contributed by atoms with Crippen molar-refractivity contribution in [2.75, 3.05) is 5.32 Å². The van der Waals surface area contributed by atoms with Gasteiger partial charge in [-0.05, 0) is 80.8 Å². The first-order chi connectivity index (χ1) is 14.6. The summed E-state index contributed by atoms with van der Waals surface area (Å²) in [5.41, 5.74) is 7.30. The van der Waals surface area contributed by atoms with Crippen molar-refractivity contribution in [2.24, 2.45) is 0 Å². The number of benzene rings is 1. The lowest BCUT2D eigenvalue weighted by Gasteiger charge is -2.30. The number of nitrogens with zero attached hydrogens (tertiary/aromatic N) is 2. The lowest BCUT2D eigenvalue weighted by molar-refractivity contribution is 0.181. The van der Waals surface area contributed by atoms with E-state index in [1.165, 1.54) is 51.5 Å². The maximum atomic E-state index is 13.6. The molecule has 30 heavy (non-hydrogen) atoms. The van der Waals surface area contributed by atoms with E-state index in [0.717, 1.165) is 24.1 Å². The number of anilines is 1. The van der Waals surface area contributed by atoms with Gasteiger partial charge in [0.05, 0.1) is 12.6 Å². The summed E-state index contributed by atoms with van der Waals surface area (Å²) < 4.78 is 2.34. The van der Waals surface area contributed by atoms with Crippen LogP contribution in [-0.2, 0) is 19.4 Å². The van der Waals surface area contributed by atoms with Crippen molar-refractivity contribution < 1.29 is 4.79 Å². The minimum absolute atomic E-state index is 0.00749. The zero-order valence-electron chi connectivity index (χ0n) is 18.0. The zero-order valence-corrected chi connectivity index (χ0v) is 18.8. The fraction of sp³-hybridized carbons (Fsp3) is 0.400. The Morgan fingerprint density at radius 1 is 1.13 bits per heavy atom. The third kappa shape index (κ3) is 3.07. The number of hydrogen-bond acceptors (Lipinski definition) is 2. The van der Waals surface area contributed by atoms with Crippen molar-refractivity contribution in [3.05, 3.63) is 69.4 Å². The quantitative estimate of drug-likeness (QED) is 0.503. The van der Waals surface area contributed by atoms with E-state index in [9.17, 15) is 4.79 Å². The third-order valence-corrected chi connectivity index (χ3v) is 8.13. The molecule has 1 N–H and O–H groups in total. The van der Waals surface area contributed by atoms with Gasteiger partial charge in [0.15, 0.2) is 0 Å². The highest BCUT2D eigenvalue weighted by molar-refractivity contribution is 7.15. The molecule has 0 unspecified atom stereocenters. The van der Waals surface area contributed by atoms with Gasteiger partial charge in [0, 0.05) is 28.0 Å². The van der Waals surface area contributed by atoms with E-state index in [2.05, 4.69) is 60.0 Å². The molecule has 5 rings (SSSR count). The van der Waals surface area contributed by atoms with Crippen LogP contribution in [0.25, 0.3) is 5.00 Å². The van der Waals surface area contributed by atoms with Gasteiger partial charge in [0.25, 0.3) is 0 Å². The molecule has 1 aromatic carbocycles. The molecule has 2 aromatic heterocycles. The van der Waals surface area contributed by atoms with Crippen LogP contribution in [0.2, 0.25) is 0 Å². The maximum Gasteiger partial charge on any atom is 0.322 e. The fourth-order valence-electron chi connectivity index (χ4n) is 4.98. The Labute approximate surface area is 182 Å². The first kappa shape index (κ1) is 19.4. The van der Waals surface area contributed by atoms with Crippen molar-refractivity contribution in [2.45, 2.75) is 65.5 Å². The second-order valence-electron chi connectivity index (χ2n) is 8.53. The molecule has 2 amide bonds. The first-order valence-corrected chi connectivity index (χ1v) is 11.8. The number of aryl methyl sites for hydroxylation is 2. The van der Waals surface area contributed by atoms with Crippen LogP contribution in [0, 0.1) is 13.8 Å². The summed E-state index contributed by atoms with van der Waals surface area (Å²) >= 11 is 1.94. The number of nitrogens with one attached hydrogen (secondary N) is 1. The summed E-state index contributed by atoms with van der Waals surface area (Å²) in [6.45, 7) is 7.01. The standard InChI is InChI=1S/C25H29N3OS/c1-4-21-22-12-8-14-27(22)24-19(18-10-5-6-13-23(18)30-24)15-28(21)25(29)26-20-11-7-9-16(2)17(20)3/h7-9,11-12,14,21H,4-6,10,13,15H2,1-3H3,(H,26,29)/t21-/m0/s1. The number of thiophene rings is 1. The maximum absolute atomic E-state index is 13.6. The predicted octanol–water partition coefficient (Wildman–Crippen LogP) is 6.53. The average molecular weight is 420 g/mol. The summed E-state index contributed by atoms with van der Waals surface area (Å²) in [4.78, 5) is 17.2. The van der Waals surface area contributed by atoms with Crippen LogP contribution in [0.3, 0.4) is 0 Å². The number of aromatic nitrogens is 1. The van der Waals surface area contributed by atoms with E-state index in [4.69, 9.17) is 0 Å². The minimum atomic E-state index is -0.00749. The Balaban J connectivity index is 1.57. The summed E-state index contributed by atoms with van der Waals surface area (Å²) in [6.07, 6.45) is 7.91. The molecule has 0 bridgehead atoms. The molecule has 1 aliphatic carbocycles. The zero-order chi connectivity index (χ0) is 20.8. The number of urea groups is 1. The number of fused-ring (bicyclic) bond motifs is 5. The molecule has 0 fully saturated rings. The number of carbonyl (C=O) groups is 1. The van der Waals surface area contributed by atoms with Crippen LogP contribution < -0.4 is 5.32 Å². The van der Waals surface area contributed by atoms with Gasteiger partial charge in [0.2, 0.25) is 0 Å². The molecule has 2 aliphatic rings. The normalized spacial score (nSPS) is 17.7. The molecular weight excluding hydrogens is 390 g/mol. The monoisotopic (exact) mass is 419 g/mol. The first-order valence-electron chi connectivity index (χ1n) is 11.0.